The molecule has 1 saturated carbocycles. The predicted molar refractivity (Wildman–Crippen MR) is 119 cm³/mol. The van der Waals surface area contributed by atoms with Gasteiger partial charge in [0.25, 0.3) is 5.91 Å². The van der Waals surface area contributed by atoms with Crippen LogP contribution in [0.15, 0.2) is 54.9 Å². The quantitative estimate of drug-likeness (QED) is 0.559. The zero-order valence-electron chi connectivity index (χ0n) is 17.3. The van der Waals surface area contributed by atoms with Crippen molar-refractivity contribution >= 4 is 22.9 Å². The van der Waals surface area contributed by atoms with Gasteiger partial charge in [0.15, 0.2) is 0 Å². The number of hydrogen-bond donors (Lipinski definition) is 3. The van der Waals surface area contributed by atoms with Gasteiger partial charge >= 0.3 is 6.09 Å². The number of carbonyl (C=O) groups excluding carboxylic acids is 1. The van der Waals surface area contributed by atoms with E-state index in [2.05, 4.69) is 15.6 Å². The number of aromatic nitrogens is 2. The minimum absolute atomic E-state index is 0.0987. The third-order valence-corrected chi connectivity index (χ3v) is 5.98. The molecule has 160 valence electrons. The van der Waals surface area contributed by atoms with E-state index in [4.69, 9.17) is 10.1 Å². The first-order valence-corrected chi connectivity index (χ1v) is 10.7. The molecule has 0 radical (unpaired) electrons. The lowest BCUT2D eigenvalue weighted by Crippen LogP contribution is -2.34. The Morgan fingerprint density at radius 1 is 0.968 bits per heavy atom. The molecule has 1 fully saturated rings. The van der Waals surface area contributed by atoms with Crippen molar-refractivity contribution < 1.29 is 14.7 Å². The lowest BCUT2D eigenvalue weighted by molar-refractivity contribution is 0.0942. The normalized spacial score (nSPS) is 18.5. The molecule has 0 saturated heterocycles. The maximum Gasteiger partial charge on any atom is 0.404 e. The second-order valence-corrected chi connectivity index (χ2v) is 8.10. The van der Waals surface area contributed by atoms with E-state index in [1.807, 2.05) is 42.5 Å². The molecular formula is C24H26N4O3. The Bertz CT molecular complexity index is 1060. The molecule has 2 heterocycles. The van der Waals surface area contributed by atoms with Gasteiger partial charge in [0.1, 0.15) is 0 Å². The van der Waals surface area contributed by atoms with Crippen LogP contribution in [-0.2, 0) is 0 Å². The highest BCUT2D eigenvalue weighted by Gasteiger charge is 2.22. The first-order chi connectivity index (χ1) is 15.1. The van der Waals surface area contributed by atoms with Gasteiger partial charge in [0, 0.05) is 36.4 Å². The van der Waals surface area contributed by atoms with E-state index in [-0.39, 0.29) is 5.91 Å². The number of carboxylic acid groups (broad SMARTS) is 1. The molecule has 1 aliphatic rings. The average molecular weight is 418 g/mol. The standard InChI is InChI=1S/C24H26N4O3/c29-23(26-13-16-7-9-17(10-8-16)14-27-24(30)31)20-12-22(18-4-3-11-25-15-18)28-21-6-2-1-5-19(20)21/h1-6,11-12,15-17,27H,7-10,13-14H2,(H,26,29)(H,30,31)/t16-,17-. The van der Waals surface area contributed by atoms with Crippen molar-refractivity contribution in [3.8, 4) is 11.3 Å². The van der Waals surface area contributed by atoms with E-state index < -0.39 is 6.09 Å². The van der Waals surface area contributed by atoms with Crippen LogP contribution in [0.3, 0.4) is 0 Å². The third kappa shape index (κ3) is 5.17. The van der Waals surface area contributed by atoms with Crippen LogP contribution in [0.25, 0.3) is 22.2 Å². The molecular weight excluding hydrogens is 392 g/mol. The molecule has 3 aromatic rings. The molecule has 4 rings (SSSR count). The Hall–Kier alpha value is -3.48. The van der Waals surface area contributed by atoms with Crippen LogP contribution in [0.1, 0.15) is 36.0 Å². The number of rotatable bonds is 6. The highest BCUT2D eigenvalue weighted by atomic mass is 16.4. The van der Waals surface area contributed by atoms with Crippen LogP contribution in [0.4, 0.5) is 4.79 Å². The monoisotopic (exact) mass is 418 g/mol. The lowest BCUT2D eigenvalue weighted by atomic mass is 9.82. The number of carbonyl (C=O) groups is 2. The van der Waals surface area contributed by atoms with Crippen molar-refractivity contribution in [1.82, 2.24) is 20.6 Å². The summed E-state index contributed by atoms with van der Waals surface area (Å²) < 4.78 is 0. The van der Waals surface area contributed by atoms with Crippen LogP contribution < -0.4 is 10.6 Å². The van der Waals surface area contributed by atoms with E-state index in [0.717, 1.165) is 47.8 Å². The van der Waals surface area contributed by atoms with Gasteiger partial charge in [-0.2, -0.15) is 0 Å². The molecule has 0 unspecified atom stereocenters. The Morgan fingerprint density at radius 2 is 1.68 bits per heavy atom. The minimum atomic E-state index is -0.968. The smallest absolute Gasteiger partial charge is 0.404 e. The summed E-state index contributed by atoms with van der Waals surface area (Å²) in [5.41, 5.74) is 2.99. The number of amides is 2. The number of hydrogen-bond acceptors (Lipinski definition) is 4. The van der Waals surface area contributed by atoms with Crippen molar-refractivity contribution in [1.29, 1.82) is 0 Å². The molecule has 7 heteroatoms. The van der Waals surface area contributed by atoms with Gasteiger partial charge in [-0.25, -0.2) is 9.78 Å². The SMILES string of the molecule is O=C(O)NC[C@H]1CC[C@H](CNC(=O)c2cc(-c3cccnc3)nc3ccccc23)CC1. The van der Waals surface area contributed by atoms with Gasteiger partial charge in [-0.05, 0) is 61.8 Å². The molecule has 1 aliphatic carbocycles. The number of para-hydroxylation sites is 1. The second kappa shape index (κ2) is 9.55. The first kappa shape index (κ1) is 20.8. The summed E-state index contributed by atoms with van der Waals surface area (Å²) in [4.78, 5) is 32.6. The largest absolute Gasteiger partial charge is 0.465 e. The highest BCUT2D eigenvalue weighted by Crippen LogP contribution is 2.28. The molecule has 0 bridgehead atoms. The molecule has 0 atom stereocenters. The molecule has 31 heavy (non-hydrogen) atoms. The van der Waals surface area contributed by atoms with Gasteiger partial charge in [-0.3, -0.25) is 9.78 Å². The van der Waals surface area contributed by atoms with Gasteiger partial charge < -0.3 is 15.7 Å². The Kier molecular flexibility index (Phi) is 6.40. The summed E-state index contributed by atoms with van der Waals surface area (Å²) in [6.07, 6.45) is 6.42. The number of nitrogens with one attached hydrogen (secondary N) is 2. The van der Waals surface area contributed by atoms with Crippen molar-refractivity contribution in [2.24, 2.45) is 11.8 Å². The molecule has 0 aliphatic heterocycles. The molecule has 0 spiro atoms. The Labute approximate surface area is 180 Å². The summed E-state index contributed by atoms with van der Waals surface area (Å²) in [6.45, 7) is 1.13. The van der Waals surface area contributed by atoms with Gasteiger partial charge in [0.2, 0.25) is 0 Å². The summed E-state index contributed by atoms with van der Waals surface area (Å²) >= 11 is 0. The predicted octanol–water partition coefficient (Wildman–Crippen LogP) is 4.10. The topological polar surface area (TPSA) is 104 Å². The summed E-state index contributed by atoms with van der Waals surface area (Å²) in [6, 6.07) is 13.3. The van der Waals surface area contributed by atoms with Crippen LogP contribution in [0.2, 0.25) is 0 Å². The maximum atomic E-state index is 13.1. The summed E-state index contributed by atoms with van der Waals surface area (Å²) in [5, 5.41) is 15.2. The Morgan fingerprint density at radius 3 is 2.35 bits per heavy atom. The minimum Gasteiger partial charge on any atom is -0.465 e. The maximum absolute atomic E-state index is 13.1. The van der Waals surface area contributed by atoms with E-state index in [1.54, 1.807) is 12.4 Å². The lowest BCUT2D eigenvalue weighted by Gasteiger charge is -2.28. The second-order valence-electron chi connectivity index (χ2n) is 8.10. The van der Waals surface area contributed by atoms with Crippen molar-refractivity contribution in [2.45, 2.75) is 25.7 Å². The van der Waals surface area contributed by atoms with Crippen LogP contribution in [-0.4, -0.2) is 40.2 Å². The fourth-order valence-electron chi connectivity index (χ4n) is 4.23. The fourth-order valence-corrected chi connectivity index (χ4v) is 4.23. The number of fused-ring (bicyclic) bond motifs is 1. The molecule has 2 aromatic heterocycles. The van der Waals surface area contributed by atoms with Gasteiger partial charge in [-0.15, -0.1) is 0 Å². The molecule has 7 nitrogen and oxygen atoms in total. The van der Waals surface area contributed by atoms with E-state index >= 15 is 0 Å². The molecule has 3 N–H and O–H groups in total. The number of pyridine rings is 2. The van der Waals surface area contributed by atoms with E-state index in [9.17, 15) is 9.59 Å². The van der Waals surface area contributed by atoms with Gasteiger partial charge in [-0.1, -0.05) is 18.2 Å². The summed E-state index contributed by atoms with van der Waals surface area (Å²) in [5.74, 6) is 0.698. The summed E-state index contributed by atoms with van der Waals surface area (Å²) in [7, 11) is 0. The zero-order chi connectivity index (χ0) is 21.6. The Balaban J connectivity index is 1.44. The van der Waals surface area contributed by atoms with Crippen LogP contribution in [0.5, 0.6) is 0 Å². The molecule has 1 aromatic carbocycles. The third-order valence-electron chi connectivity index (χ3n) is 5.98. The first-order valence-electron chi connectivity index (χ1n) is 10.7. The molecule has 2 amide bonds. The fraction of sp³-hybridized carbons (Fsp3) is 0.333. The van der Waals surface area contributed by atoms with Gasteiger partial charge in [0.05, 0.1) is 16.8 Å². The van der Waals surface area contributed by atoms with Crippen LogP contribution in [0, 0.1) is 11.8 Å². The number of benzene rings is 1. The van der Waals surface area contributed by atoms with Crippen molar-refractivity contribution in [3.05, 3.63) is 60.4 Å². The van der Waals surface area contributed by atoms with Crippen LogP contribution >= 0.6 is 0 Å². The highest BCUT2D eigenvalue weighted by molar-refractivity contribution is 6.07. The van der Waals surface area contributed by atoms with Crippen molar-refractivity contribution in [3.63, 3.8) is 0 Å². The van der Waals surface area contributed by atoms with E-state index in [1.165, 1.54) is 0 Å². The van der Waals surface area contributed by atoms with Crippen molar-refractivity contribution in [2.75, 3.05) is 13.1 Å². The average Bonchev–Trinajstić information content (AvgIpc) is 2.81. The zero-order valence-corrected chi connectivity index (χ0v) is 17.3. The van der Waals surface area contributed by atoms with E-state index in [0.29, 0.717) is 30.5 Å². The number of nitrogens with zero attached hydrogens (tertiary/aromatic N) is 2.